The molecule has 156 valence electrons. The number of piperidine rings is 1. The number of carbonyl (C=O) groups excluding carboxylic acids is 4. The monoisotopic (exact) mass is 408 g/mol. The van der Waals surface area contributed by atoms with Crippen LogP contribution < -0.4 is 16.0 Å². The molecule has 0 radical (unpaired) electrons. The lowest BCUT2D eigenvalue weighted by Gasteiger charge is -2.38. The fourth-order valence-corrected chi connectivity index (χ4v) is 4.17. The van der Waals surface area contributed by atoms with Crippen molar-refractivity contribution in [2.24, 2.45) is 0 Å². The van der Waals surface area contributed by atoms with E-state index in [0.29, 0.717) is 24.9 Å². The summed E-state index contributed by atoms with van der Waals surface area (Å²) in [6.45, 7) is 2.51. The lowest BCUT2D eigenvalue weighted by atomic mass is 9.96. The Morgan fingerprint density at radius 2 is 1.90 bits per heavy atom. The summed E-state index contributed by atoms with van der Waals surface area (Å²) in [5, 5.41) is 9.58. The number of hydrogen-bond acceptors (Lipinski definition) is 4. The molecule has 3 atom stereocenters. The molecule has 8 nitrogen and oxygen atoms in total. The number of likely N-dealkylation sites (tertiary alicyclic amines) is 1. The highest BCUT2D eigenvalue weighted by Gasteiger charge is 2.33. The van der Waals surface area contributed by atoms with Crippen LogP contribution in [0.5, 0.6) is 0 Å². The van der Waals surface area contributed by atoms with Gasteiger partial charge < -0.3 is 15.5 Å². The van der Waals surface area contributed by atoms with Crippen LogP contribution in [-0.2, 0) is 9.59 Å². The molecule has 5 amide bonds. The van der Waals surface area contributed by atoms with E-state index in [2.05, 4.69) is 16.0 Å². The fraction of sp³-hybridized carbons (Fsp3) is 0.364. The minimum absolute atomic E-state index is 0.0108. The third-order valence-corrected chi connectivity index (χ3v) is 5.75. The SMILES string of the molecule is CC1CC(NC(=O)CC2NC(=O)NC2=O)CCN1C(=O)c1ccc2ccccc2c1. The van der Waals surface area contributed by atoms with E-state index in [1.165, 1.54) is 0 Å². The molecule has 0 bridgehead atoms. The van der Waals surface area contributed by atoms with Gasteiger partial charge in [-0.15, -0.1) is 0 Å². The number of nitrogens with zero attached hydrogens (tertiary/aromatic N) is 1. The largest absolute Gasteiger partial charge is 0.353 e. The Morgan fingerprint density at radius 1 is 1.13 bits per heavy atom. The van der Waals surface area contributed by atoms with Gasteiger partial charge in [-0.2, -0.15) is 0 Å². The zero-order chi connectivity index (χ0) is 21.3. The second-order valence-electron chi connectivity index (χ2n) is 7.92. The summed E-state index contributed by atoms with van der Waals surface area (Å²) in [7, 11) is 0. The number of amides is 5. The summed E-state index contributed by atoms with van der Waals surface area (Å²) in [5.41, 5.74) is 0.658. The maximum absolute atomic E-state index is 13.0. The van der Waals surface area contributed by atoms with Gasteiger partial charge in [-0.3, -0.25) is 19.7 Å². The van der Waals surface area contributed by atoms with Crippen LogP contribution in [0.3, 0.4) is 0 Å². The van der Waals surface area contributed by atoms with E-state index in [4.69, 9.17) is 0 Å². The Balaban J connectivity index is 1.34. The predicted octanol–water partition coefficient (Wildman–Crippen LogP) is 1.55. The van der Waals surface area contributed by atoms with E-state index < -0.39 is 18.0 Å². The van der Waals surface area contributed by atoms with Crippen LogP contribution in [0.15, 0.2) is 42.5 Å². The highest BCUT2D eigenvalue weighted by molar-refractivity contribution is 6.05. The molecule has 0 aliphatic carbocycles. The molecular formula is C22H24N4O4. The van der Waals surface area contributed by atoms with E-state index in [-0.39, 0.29) is 30.3 Å². The van der Waals surface area contributed by atoms with Crippen molar-refractivity contribution in [3.63, 3.8) is 0 Å². The Morgan fingerprint density at radius 3 is 2.60 bits per heavy atom. The number of carbonyl (C=O) groups is 4. The third kappa shape index (κ3) is 4.12. The van der Waals surface area contributed by atoms with Gasteiger partial charge in [0.15, 0.2) is 0 Å². The Hall–Kier alpha value is -3.42. The first-order valence-electron chi connectivity index (χ1n) is 10.1. The maximum atomic E-state index is 13.0. The molecule has 2 aliphatic heterocycles. The van der Waals surface area contributed by atoms with Gasteiger partial charge in [0.05, 0.1) is 6.42 Å². The third-order valence-electron chi connectivity index (χ3n) is 5.75. The van der Waals surface area contributed by atoms with E-state index in [1.807, 2.05) is 54.3 Å². The van der Waals surface area contributed by atoms with Gasteiger partial charge in [0.25, 0.3) is 11.8 Å². The van der Waals surface area contributed by atoms with Gasteiger partial charge in [-0.1, -0.05) is 30.3 Å². The number of nitrogens with one attached hydrogen (secondary N) is 3. The average molecular weight is 408 g/mol. The molecule has 2 saturated heterocycles. The lowest BCUT2D eigenvalue weighted by molar-refractivity contribution is -0.127. The molecule has 3 unspecified atom stereocenters. The zero-order valence-electron chi connectivity index (χ0n) is 16.7. The molecule has 2 aliphatic rings. The first-order valence-corrected chi connectivity index (χ1v) is 10.1. The van der Waals surface area contributed by atoms with Gasteiger partial charge in [0.1, 0.15) is 6.04 Å². The standard InChI is InChI=1S/C22H24N4O4/c1-13-10-17(23-19(27)12-18-20(28)25-22(30)24-18)8-9-26(13)21(29)16-7-6-14-4-2-3-5-15(14)11-16/h2-7,11,13,17-18H,8-10,12H2,1H3,(H,23,27)(H2,24,25,28,30). The molecule has 8 heteroatoms. The molecule has 0 saturated carbocycles. The number of urea groups is 1. The second-order valence-corrected chi connectivity index (χ2v) is 7.92. The van der Waals surface area contributed by atoms with Crippen LogP contribution in [0.4, 0.5) is 4.79 Å². The Bertz CT molecular complexity index is 1020. The Labute approximate surface area is 174 Å². The van der Waals surface area contributed by atoms with Crippen molar-refractivity contribution in [2.45, 2.75) is 44.3 Å². The number of imide groups is 1. The smallest absolute Gasteiger partial charge is 0.322 e. The first kappa shape index (κ1) is 19.9. The molecule has 30 heavy (non-hydrogen) atoms. The zero-order valence-corrected chi connectivity index (χ0v) is 16.7. The van der Waals surface area contributed by atoms with Gasteiger partial charge in [0, 0.05) is 24.2 Å². The van der Waals surface area contributed by atoms with Crippen molar-refractivity contribution in [3.05, 3.63) is 48.0 Å². The normalized spacial score (nSPS) is 23.8. The summed E-state index contributed by atoms with van der Waals surface area (Å²) in [4.78, 5) is 49.9. The predicted molar refractivity (Wildman–Crippen MR) is 111 cm³/mol. The fourth-order valence-electron chi connectivity index (χ4n) is 4.17. The van der Waals surface area contributed by atoms with E-state index in [9.17, 15) is 19.2 Å². The van der Waals surface area contributed by atoms with Crippen LogP contribution >= 0.6 is 0 Å². The molecule has 2 aromatic rings. The van der Waals surface area contributed by atoms with Crippen molar-refractivity contribution in [1.82, 2.24) is 20.9 Å². The molecule has 2 heterocycles. The van der Waals surface area contributed by atoms with E-state index >= 15 is 0 Å². The van der Waals surface area contributed by atoms with Crippen molar-refractivity contribution in [3.8, 4) is 0 Å². The van der Waals surface area contributed by atoms with Crippen LogP contribution in [-0.4, -0.2) is 53.3 Å². The van der Waals surface area contributed by atoms with Crippen LogP contribution in [0.2, 0.25) is 0 Å². The highest BCUT2D eigenvalue weighted by Crippen LogP contribution is 2.22. The lowest BCUT2D eigenvalue weighted by Crippen LogP contribution is -2.51. The minimum atomic E-state index is -0.829. The van der Waals surface area contributed by atoms with Crippen LogP contribution in [0.1, 0.15) is 36.5 Å². The first-order chi connectivity index (χ1) is 14.4. The van der Waals surface area contributed by atoms with E-state index in [1.54, 1.807) is 0 Å². The second kappa shape index (κ2) is 8.14. The van der Waals surface area contributed by atoms with Gasteiger partial charge in [0.2, 0.25) is 5.91 Å². The maximum Gasteiger partial charge on any atom is 0.322 e. The summed E-state index contributed by atoms with van der Waals surface area (Å²) < 4.78 is 0. The summed E-state index contributed by atoms with van der Waals surface area (Å²) >= 11 is 0. The molecule has 2 fully saturated rings. The van der Waals surface area contributed by atoms with Gasteiger partial charge >= 0.3 is 6.03 Å². The summed E-state index contributed by atoms with van der Waals surface area (Å²) in [6.07, 6.45) is 1.18. The van der Waals surface area contributed by atoms with Crippen LogP contribution in [0.25, 0.3) is 10.8 Å². The van der Waals surface area contributed by atoms with Gasteiger partial charge in [-0.05, 0) is 42.7 Å². The number of benzene rings is 2. The number of fused-ring (bicyclic) bond motifs is 1. The topological polar surface area (TPSA) is 108 Å². The van der Waals surface area contributed by atoms with E-state index in [0.717, 1.165) is 10.8 Å². The highest BCUT2D eigenvalue weighted by atomic mass is 16.2. The minimum Gasteiger partial charge on any atom is -0.353 e. The van der Waals surface area contributed by atoms with Gasteiger partial charge in [-0.25, -0.2) is 4.79 Å². The van der Waals surface area contributed by atoms with Crippen LogP contribution in [0, 0.1) is 0 Å². The molecule has 4 rings (SSSR count). The molecular weight excluding hydrogens is 384 g/mol. The molecule has 3 N–H and O–H groups in total. The van der Waals surface area contributed by atoms with Crippen molar-refractivity contribution < 1.29 is 19.2 Å². The number of hydrogen-bond donors (Lipinski definition) is 3. The number of rotatable bonds is 4. The Kier molecular flexibility index (Phi) is 5.39. The quantitative estimate of drug-likeness (QED) is 0.667. The summed E-state index contributed by atoms with van der Waals surface area (Å²) in [6, 6.07) is 12.1. The summed E-state index contributed by atoms with van der Waals surface area (Å²) in [5.74, 6) is -0.786. The van der Waals surface area contributed by atoms with Crippen molar-refractivity contribution in [2.75, 3.05) is 6.54 Å². The average Bonchev–Trinajstić information content (AvgIpc) is 3.03. The molecule has 0 aromatic heterocycles. The van der Waals surface area contributed by atoms with Crippen molar-refractivity contribution >= 4 is 34.5 Å². The van der Waals surface area contributed by atoms with Crippen molar-refractivity contribution in [1.29, 1.82) is 0 Å². The molecule has 0 spiro atoms. The molecule has 2 aromatic carbocycles.